The Morgan fingerprint density at radius 3 is 2.62 bits per heavy atom. The molecule has 1 saturated carbocycles. The molecule has 3 nitrogen and oxygen atoms in total. The number of carbonyl (C=O) groups is 1. The second kappa shape index (κ2) is 6.52. The van der Waals surface area contributed by atoms with Gasteiger partial charge < -0.3 is 4.90 Å². The fraction of sp³-hybridized carbons (Fsp3) is 0.846. The average Bonchev–Trinajstić information content (AvgIpc) is 2.78. The molecule has 0 saturated heterocycles. The molecule has 1 amide bonds. The summed E-state index contributed by atoms with van der Waals surface area (Å²) in [6.07, 6.45) is 6.17. The van der Waals surface area contributed by atoms with Gasteiger partial charge in [-0.05, 0) is 18.8 Å². The van der Waals surface area contributed by atoms with E-state index >= 15 is 0 Å². The first-order valence-corrected chi connectivity index (χ1v) is 6.35. The van der Waals surface area contributed by atoms with Crippen LogP contribution in [0.2, 0.25) is 0 Å². The van der Waals surface area contributed by atoms with Gasteiger partial charge in [-0.2, -0.15) is 5.26 Å². The molecule has 0 aliphatic heterocycles. The predicted octanol–water partition coefficient (Wildman–Crippen LogP) is 2.72. The Hall–Kier alpha value is -1.04. The zero-order valence-electron chi connectivity index (χ0n) is 10.4. The summed E-state index contributed by atoms with van der Waals surface area (Å²) in [5, 5.41) is 8.79. The summed E-state index contributed by atoms with van der Waals surface area (Å²) >= 11 is 0. The van der Waals surface area contributed by atoms with Crippen molar-refractivity contribution in [2.75, 3.05) is 6.54 Å². The Morgan fingerprint density at radius 1 is 1.50 bits per heavy atom. The second-order valence-corrected chi connectivity index (χ2v) is 4.84. The zero-order chi connectivity index (χ0) is 12.0. The minimum Gasteiger partial charge on any atom is -0.326 e. The van der Waals surface area contributed by atoms with Gasteiger partial charge in [0.05, 0.1) is 6.07 Å². The van der Waals surface area contributed by atoms with Crippen LogP contribution in [0.15, 0.2) is 0 Å². The molecule has 0 spiro atoms. The fourth-order valence-electron chi connectivity index (χ4n) is 2.27. The molecule has 0 bridgehead atoms. The molecule has 1 unspecified atom stereocenters. The topological polar surface area (TPSA) is 44.1 Å². The second-order valence-electron chi connectivity index (χ2n) is 4.84. The Labute approximate surface area is 98.4 Å². The monoisotopic (exact) mass is 222 g/mol. The lowest BCUT2D eigenvalue weighted by atomic mass is 10.0. The van der Waals surface area contributed by atoms with Gasteiger partial charge in [0, 0.05) is 12.5 Å². The third-order valence-electron chi connectivity index (χ3n) is 3.55. The van der Waals surface area contributed by atoms with E-state index in [2.05, 4.69) is 19.9 Å². The normalized spacial score (nSPS) is 18.1. The van der Waals surface area contributed by atoms with Crippen LogP contribution in [0.4, 0.5) is 0 Å². The van der Waals surface area contributed by atoms with Gasteiger partial charge in [0.2, 0.25) is 5.91 Å². The largest absolute Gasteiger partial charge is 0.326 e. The van der Waals surface area contributed by atoms with E-state index in [1.54, 1.807) is 4.90 Å². The van der Waals surface area contributed by atoms with Crippen molar-refractivity contribution in [3.8, 4) is 6.07 Å². The maximum atomic E-state index is 12.1. The lowest BCUT2D eigenvalue weighted by Crippen LogP contribution is -2.39. The first-order valence-electron chi connectivity index (χ1n) is 6.35. The van der Waals surface area contributed by atoms with Crippen molar-refractivity contribution in [2.24, 2.45) is 5.92 Å². The number of rotatable bonds is 5. The van der Waals surface area contributed by atoms with Crippen molar-refractivity contribution in [3.05, 3.63) is 0 Å². The molecule has 1 atom stereocenters. The third kappa shape index (κ3) is 3.52. The number of carbonyl (C=O) groups excluding carboxylic acids is 1. The van der Waals surface area contributed by atoms with E-state index < -0.39 is 0 Å². The number of amides is 1. The molecule has 0 heterocycles. The summed E-state index contributed by atoms with van der Waals surface area (Å²) in [5.74, 6) is 0.595. The van der Waals surface area contributed by atoms with Crippen molar-refractivity contribution in [2.45, 2.75) is 58.4 Å². The van der Waals surface area contributed by atoms with E-state index in [1.165, 1.54) is 12.8 Å². The molecule has 1 rings (SSSR count). The minimum absolute atomic E-state index is 0.169. The average molecular weight is 222 g/mol. The quantitative estimate of drug-likeness (QED) is 0.671. The highest BCUT2D eigenvalue weighted by Gasteiger charge is 2.26. The molecule has 16 heavy (non-hydrogen) atoms. The molecule has 0 N–H and O–H groups in total. The molecule has 0 aromatic rings. The molecule has 1 fully saturated rings. The van der Waals surface area contributed by atoms with E-state index in [0.29, 0.717) is 18.4 Å². The van der Waals surface area contributed by atoms with Gasteiger partial charge in [-0.25, -0.2) is 0 Å². The van der Waals surface area contributed by atoms with Gasteiger partial charge in [-0.1, -0.05) is 33.1 Å². The summed E-state index contributed by atoms with van der Waals surface area (Å²) in [5.41, 5.74) is 0. The van der Waals surface area contributed by atoms with Gasteiger partial charge in [0.1, 0.15) is 6.54 Å². The Kier molecular flexibility index (Phi) is 5.31. The minimum atomic E-state index is 0.169. The number of nitriles is 1. The summed E-state index contributed by atoms with van der Waals surface area (Å²) in [7, 11) is 0. The smallest absolute Gasteiger partial charge is 0.223 e. The van der Waals surface area contributed by atoms with Crippen molar-refractivity contribution in [1.29, 1.82) is 5.26 Å². The molecule has 0 aromatic heterocycles. The molecular formula is C13H22N2O. The highest BCUT2D eigenvalue weighted by atomic mass is 16.2. The van der Waals surface area contributed by atoms with Crippen LogP contribution in [-0.2, 0) is 4.79 Å². The van der Waals surface area contributed by atoms with Crippen molar-refractivity contribution < 1.29 is 4.79 Å². The Morgan fingerprint density at radius 2 is 2.12 bits per heavy atom. The van der Waals surface area contributed by atoms with Gasteiger partial charge in [0.25, 0.3) is 0 Å². The molecular weight excluding hydrogens is 200 g/mol. The van der Waals surface area contributed by atoms with Crippen molar-refractivity contribution in [1.82, 2.24) is 4.90 Å². The maximum absolute atomic E-state index is 12.1. The van der Waals surface area contributed by atoms with Crippen LogP contribution in [0.3, 0.4) is 0 Å². The fourth-order valence-corrected chi connectivity index (χ4v) is 2.27. The zero-order valence-corrected chi connectivity index (χ0v) is 10.4. The summed E-state index contributed by atoms with van der Waals surface area (Å²) in [6, 6.07) is 2.45. The van der Waals surface area contributed by atoms with Crippen LogP contribution in [0, 0.1) is 17.2 Å². The predicted molar refractivity (Wildman–Crippen MR) is 63.7 cm³/mol. The van der Waals surface area contributed by atoms with Crippen LogP contribution >= 0.6 is 0 Å². The highest BCUT2D eigenvalue weighted by molar-refractivity contribution is 5.77. The van der Waals surface area contributed by atoms with E-state index in [0.717, 1.165) is 19.3 Å². The summed E-state index contributed by atoms with van der Waals surface area (Å²) in [6.45, 7) is 4.46. The van der Waals surface area contributed by atoms with Gasteiger partial charge in [-0.3, -0.25) is 4.79 Å². The first kappa shape index (κ1) is 13.0. The standard InChI is InChI=1S/C13H22N2O/c1-3-11(2)10-13(16)15(9-8-14)12-6-4-5-7-12/h11-12H,3-7,9-10H2,1-2H3. The van der Waals surface area contributed by atoms with E-state index in [1.807, 2.05) is 0 Å². The Balaban J connectivity index is 2.55. The van der Waals surface area contributed by atoms with Crippen LogP contribution in [-0.4, -0.2) is 23.4 Å². The first-order chi connectivity index (χ1) is 7.69. The van der Waals surface area contributed by atoms with E-state index in [-0.39, 0.29) is 12.5 Å². The maximum Gasteiger partial charge on any atom is 0.223 e. The van der Waals surface area contributed by atoms with Crippen LogP contribution in [0.25, 0.3) is 0 Å². The third-order valence-corrected chi connectivity index (χ3v) is 3.55. The number of hydrogen-bond acceptors (Lipinski definition) is 2. The highest BCUT2D eigenvalue weighted by Crippen LogP contribution is 2.24. The van der Waals surface area contributed by atoms with Gasteiger partial charge in [-0.15, -0.1) is 0 Å². The lowest BCUT2D eigenvalue weighted by Gasteiger charge is -2.27. The summed E-state index contributed by atoms with van der Waals surface area (Å²) < 4.78 is 0. The van der Waals surface area contributed by atoms with Crippen molar-refractivity contribution in [3.63, 3.8) is 0 Å². The molecule has 1 aliphatic rings. The molecule has 0 aromatic carbocycles. The number of hydrogen-bond donors (Lipinski definition) is 0. The van der Waals surface area contributed by atoms with Gasteiger partial charge in [0.15, 0.2) is 0 Å². The van der Waals surface area contributed by atoms with Crippen molar-refractivity contribution >= 4 is 5.91 Å². The van der Waals surface area contributed by atoms with Crippen LogP contribution < -0.4 is 0 Å². The molecule has 1 aliphatic carbocycles. The molecule has 3 heteroatoms. The summed E-state index contributed by atoms with van der Waals surface area (Å²) in [4.78, 5) is 13.9. The molecule has 90 valence electrons. The van der Waals surface area contributed by atoms with Crippen LogP contribution in [0.5, 0.6) is 0 Å². The SMILES string of the molecule is CCC(C)CC(=O)N(CC#N)C1CCCC1. The van der Waals surface area contributed by atoms with E-state index in [4.69, 9.17) is 5.26 Å². The lowest BCUT2D eigenvalue weighted by molar-refractivity contribution is -0.133. The van der Waals surface area contributed by atoms with Crippen LogP contribution in [0.1, 0.15) is 52.4 Å². The molecule has 0 radical (unpaired) electrons. The van der Waals surface area contributed by atoms with E-state index in [9.17, 15) is 4.79 Å². The Bertz CT molecular complexity index is 264. The number of nitrogens with zero attached hydrogens (tertiary/aromatic N) is 2. The van der Waals surface area contributed by atoms with Gasteiger partial charge >= 0.3 is 0 Å².